The van der Waals surface area contributed by atoms with Crippen molar-refractivity contribution in [3.05, 3.63) is 102 Å². The van der Waals surface area contributed by atoms with Crippen molar-refractivity contribution in [1.82, 2.24) is 9.55 Å². The van der Waals surface area contributed by atoms with E-state index in [1.807, 2.05) is 0 Å². The van der Waals surface area contributed by atoms with E-state index in [0.29, 0.717) is 0 Å². The summed E-state index contributed by atoms with van der Waals surface area (Å²) in [5.74, 6) is 0.899. The molecule has 0 radical (unpaired) electrons. The lowest BCUT2D eigenvalue weighted by molar-refractivity contribution is 0.00578. The SMILES string of the molecule is CC(C)(C)c1cc(B2OC(C)(C)C(C)(C)O2)cc(-c2nc3ccccc3n2-c2ccc(C(C)(C)C)cc2-c2ccccc2)c1. The summed E-state index contributed by atoms with van der Waals surface area (Å²) < 4.78 is 15.4. The summed E-state index contributed by atoms with van der Waals surface area (Å²) in [5, 5.41) is 0. The van der Waals surface area contributed by atoms with E-state index >= 15 is 0 Å². The highest BCUT2D eigenvalue weighted by Gasteiger charge is 2.52. The number of imidazole rings is 1. The molecule has 4 nitrogen and oxygen atoms in total. The van der Waals surface area contributed by atoms with E-state index in [4.69, 9.17) is 14.3 Å². The van der Waals surface area contributed by atoms with E-state index < -0.39 is 18.3 Å². The minimum Gasteiger partial charge on any atom is -0.399 e. The van der Waals surface area contributed by atoms with Crippen LogP contribution in [0.2, 0.25) is 0 Å². The first-order chi connectivity index (χ1) is 20.5. The maximum atomic E-state index is 6.55. The fraction of sp³-hybridized carbons (Fsp3) is 0.359. The van der Waals surface area contributed by atoms with Crippen molar-refractivity contribution in [2.45, 2.75) is 91.3 Å². The summed E-state index contributed by atoms with van der Waals surface area (Å²) in [5.41, 5.74) is 9.12. The zero-order valence-electron chi connectivity index (χ0n) is 27.9. The molecule has 0 amide bonds. The molecule has 1 aromatic heterocycles. The Morgan fingerprint density at radius 1 is 0.636 bits per heavy atom. The summed E-state index contributed by atoms with van der Waals surface area (Å²) in [4.78, 5) is 5.29. The highest BCUT2D eigenvalue weighted by molar-refractivity contribution is 6.62. The van der Waals surface area contributed by atoms with Gasteiger partial charge in [-0.25, -0.2) is 4.98 Å². The molecule has 0 unspecified atom stereocenters. The number of fused-ring (bicyclic) bond motifs is 1. The van der Waals surface area contributed by atoms with Gasteiger partial charge < -0.3 is 9.31 Å². The van der Waals surface area contributed by atoms with Crippen LogP contribution in [0.4, 0.5) is 0 Å². The van der Waals surface area contributed by atoms with Crippen LogP contribution in [-0.4, -0.2) is 27.9 Å². The standard InChI is InChI=1S/C39H45BN2O2/c1-36(2,3)28-20-21-33(31(25-28)26-16-12-11-13-17-26)42-34-19-15-14-18-32(34)41-35(42)27-22-29(37(4,5)6)24-30(23-27)40-43-38(7,8)39(9,10)44-40/h11-25H,1-10H3. The lowest BCUT2D eigenvalue weighted by atomic mass is 9.74. The van der Waals surface area contributed by atoms with Crippen LogP contribution in [0.5, 0.6) is 0 Å². The zero-order chi connectivity index (χ0) is 31.7. The smallest absolute Gasteiger partial charge is 0.399 e. The fourth-order valence-corrected chi connectivity index (χ4v) is 5.84. The van der Waals surface area contributed by atoms with Crippen LogP contribution in [-0.2, 0) is 20.1 Å². The second kappa shape index (κ2) is 10.5. The molecule has 0 bridgehead atoms. The fourth-order valence-electron chi connectivity index (χ4n) is 5.84. The van der Waals surface area contributed by atoms with Gasteiger partial charge in [-0.15, -0.1) is 0 Å². The summed E-state index contributed by atoms with van der Waals surface area (Å²) in [7, 11) is -0.468. The molecule has 1 saturated heterocycles. The van der Waals surface area contributed by atoms with E-state index in [2.05, 4.69) is 165 Å². The number of hydrogen-bond donors (Lipinski definition) is 0. The molecule has 5 heteroatoms. The van der Waals surface area contributed by atoms with Gasteiger partial charge in [-0.05, 0) is 91.0 Å². The van der Waals surface area contributed by atoms with Crippen LogP contribution in [0.15, 0.2) is 91.0 Å². The summed E-state index contributed by atoms with van der Waals surface area (Å²) >= 11 is 0. The Morgan fingerprint density at radius 3 is 1.89 bits per heavy atom. The van der Waals surface area contributed by atoms with Gasteiger partial charge in [0.05, 0.1) is 27.9 Å². The van der Waals surface area contributed by atoms with Crippen molar-refractivity contribution >= 4 is 23.6 Å². The van der Waals surface area contributed by atoms with Gasteiger partial charge in [0.1, 0.15) is 5.82 Å². The molecular formula is C39H45BN2O2. The molecule has 0 spiro atoms. The predicted octanol–water partition coefficient (Wildman–Crippen LogP) is 9.25. The molecule has 1 aliphatic rings. The number of aromatic nitrogens is 2. The monoisotopic (exact) mass is 584 g/mol. The lowest BCUT2D eigenvalue weighted by Gasteiger charge is -2.32. The molecule has 0 saturated carbocycles. The van der Waals surface area contributed by atoms with Gasteiger partial charge in [0.2, 0.25) is 0 Å². The molecule has 0 aliphatic carbocycles. The van der Waals surface area contributed by atoms with Crippen LogP contribution in [0.3, 0.4) is 0 Å². The molecule has 2 heterocycles. The van der Waals surface area contributed by atoms with Crippen LogP contribution in [0, 0.1) is 0 Å². The Labute approximate surface area is 263 Å². The first kappa shape index (κ1) is 30.4. The minimum absolute atomic E-state index is 0.0146. The number of benzene rings is 4. The molecule has 5 aromatic rings. The molecular weight excluding hydrogens is 539 g/mol. The third-order valence-electron chi connectivity index (χ3n) is 9.35. The van der Waals surface area contributed by atoms with Gasteiger partial charge in [-0.3, -0.25) is 4.57 Å². The molecule has 226 valence electrons. The third kappa shape index (κ3) is 5.42. The van der Waals surface area contributed by atoms with E-state index in [1.54, 1.807) is 0 Å². The first-order valence-electron chi connectivity index (χ1n) is 15.7. The molecule has 0 atom stereocenters. The van der Waals surface area contributed by atoms with E-state index in [-0.39, 0.29) is 10.8 Å². The van der Waals surface area contributed by atoms with Gasteiger partial charge in [-0.2, -0.15) is 0 Å². The molecule has 1 fully saturated rings. The number of para-hydroxylation sites is 2. The number of hydrogen-bond acceptors (Lipinski definition) is 3. The largest absolute Gasteiger partial charge is 0.494 e. The molecule has 4 aromatic carbocycles. The summed E-state index contributed by atoms with van der Waals surface area (Å²) in [6, 6.07) is 32.7. The highest BCUT2D eigenvalue weighted by Crippen LogP contribution is 2.40. The van der Waals surface area contributed by atoms with Crippen molar-refractivity contribution in [2.75, 3.05) is 0 Å². The first-order valence-corrected chi connectivity index (χ1v) is 15.7. The Kier molecular flexibility index (Phi) is 7.22. The normalized spacial score (nSPS) is 16.5. The van der Waals surface area contributed by atoms with Crippen molar-refractivity contribution in [2.24, 2.45) is 0 Å². The van der Waals surface area contributed by atoms with E-state index in [9.17, 15) is 0 Å². The van der Waals surface area contributed by atoms with E-state index in [1.165, 1.54) is 22.3 Å². The highest BCUT2D eigenvalue weighted by atomic mass is 16.7. The van der Waals surface area contributed by atoms with Crippen LogP contribution in [0.1, 0.15) is 80.4 Å². The van der Waals surface area contributed by atoms with Crippen molar-refractivity contribution in [3.8, 4) is 28.2 Å². The Hall–Kier alpha value is -3.67. The molecule has 1 aliphatic heterocycles. The second-order valence-electron chi connectivity index (χ2n) is 15.3. The van der Waals surface area contributed by atoms with Crippen LogP contribution >= 0.6 is 0 Å². The molecule has 0 N–H and O–H groups in total. The van der Waals surface area contributed by atoms with Gasteiger partial charge in [0.25, 0.3) is 0 Å². The quantitative estimate of drug-likeness (QED) is 0.198. The van der Waals surface area contributed by atoms with Crippen LogP contribution < -0.4 is 5.46 Å². The minimum atomic E-state index is -0.468. The topological polar surface area (TPSA) is 36.3 Å². The molecule has 44 heavy (non-hydrogen) atoms. The Bertz CT molecular complexity index is 1820. The van der Waals surface area contributed by atoms with Crippen molar-refractivity contribution in [1.29, 1.82) is 0 Å². The van der Waals surface area contributed by atoms with Crippen molar-refractivity contribution < 1.29 is 9.31 Å². The second-order valence-corrected chi connectivity index (χ2v) is 15.3. The Morgan fingerprint density at radius 2 is 1.25 bits per heavy atom. The maximum absolute atomic E-state index is 6.55. The predicted molar refractivity (Wildman–Crippen MR) is 185 cm³/mol. The van der Waals surface area contributed by atoms with E-state index in [0.717, 1.165) is 33.6 Å². The zero-order valence-corrected chi connectivity index (χ0v) is 27.9. The maximum Gasteiger partial charge on any atom is 0.494 e. The Balaban J connectivity index is 1.63. The van der Waals surface area contributed by atoms with Gasteiger partial charge >= 0.3 is 7.12 Å². The van der Waals surface area contributed by atoms with Gasteiger partial charge in [-0.1, -0.05) is 102 Å². The number of nitrogens with zero attached hydrogens (tertiary/aromatic N) is 2. The van der Waals surface area contributed by atoms with Gasteiger partial charge in [0, 0.05) is 11.1 Å². The molecule has 6 rings (SSSR count). The average molecular weight is 585 g/mol. The summed E-state index contributed by atoms with van der Waals surface area (Å²) in [6.45, 7) is 22.0. The lowest BCUT2D eigenvalue weighted by Crippen LogP contribution is -2.41. The summed E-state index contributed by atoms with van der Waals surface area (Å²) in [6.07, 6.45) is 0. The van der Waals surface area contributed by atoms with Crippen molar-refractivity contribution in [3.63, 3.8) is 0 Å². The van der Waals surface area contributed by atoms with Gasteiger partial charge in [0.15, 0.2) is 0 Å². The average Bonchev–Trinajstić information content (AvgIpc) is 3.45. The third-order valence-corrected chi connectivity index (χ3v) is 9.35. The van der Waals surface area contributed by atoms with Crippen LogP contribution in [0.25, 0.3) is 39.2 Å². The number of rotatable bonds is 4.